The van der Waals surface area contributed by atoms with Gasteiger partial charge >= 0.3 is 0 Å². The number of hydrogen-bond acceptors (Lipinski definition) is 0. The van der Waals surface area contributed by atoms with Gasteiger partial charge in [-0.25, -0.2) is 0 Å². The Morgan fingerprint density at radius 1 is 1.33 bits per heavy atom. The highest BCUT2D eigenvalue weighted by Gasteiger charge is 1.97. The molecule has 0 aromatic rings. The zero-order valence-electron chi connectivity index (χ0n) is 2.83. The maximum Gasteiger partial charge on any atom is 0.169 e. The van der Waals surface area contributed by atoms with Crippen molar-refractivity contribution in [2.24, 2.45) is 0 Å². The van der Waals surface area contributed by atoms with Crippen molar-refractivity contribution in [3.05, 3.63) is 0 Å². The molecule has 7 radical (unpaired) electrons. The highest BCUT2D eigenvalue weighted by Crippen LogP contribution is 1.95. The SMILES string of the molecule is [Si]C([Si]Cl)[Si]Cl. The molecule has 0 saturated carbocycles. The summed E-state index contributed by atoms with van der Waals surface area (Å²) in [6.07, 6.45) is 0. The lowest BCUT2D eigenvalue weighted by atomic mass is 11.8. The summed E-state index contributed by atoms with van der Waals surface area (Å²) >= 11 is 10.7. The van der Waals surface area contributed by atoms with Crippen molar-refractivity contribution in [3.8, 4) is 0 Å². The third-order valence-corrected chi connectivity index (χ3v) is 5.89. The van der Waals surface area contributed by atoms with Crippen molar-refractivity contribution >= 4 is 50.1 Å². The number of rotatable bonds is 2. The largest absolute Gasteiger partial charge is 0.172 e. The first-order chi connectivity index (χ1) is 2.81. The molecule has 0 spiro atoms. The fraction of sp³-hybridized carbons (Fsp3) is 1.00. The van der Waals surface area contributed by atoms with E-state index in [1.165, 1.54) is 0 Å². The molecular weight excluding hydrogens is 167 g/mol. The van der Waals surface area contributed by atoms with Gasteiger partial charge in [-0.1, -0.05) is 0 Å². The predicted octanol–water partition coefficient (Wildman–Crippen LogP) is 0.574. The molecule has 5 heteroatoms. The molecule has 0 N–H and O–H groups in total. The lowest BCUT2D eigenvalue weighted by Crippen LogP contribution is -2.00. The molecule has 0 aromatic heterocycles. The van der Waals surface area contributed by atoms with Crippen molar-refractivity contribution in [3.63, 3.8) is 0 Å². The smallest absolute Gasteiger partial charge is 0.169 e. The van der Waals surface area contributed by atoms with Gasteiger partial charge in [-0.05, 0) is 4.79 Å². The van der Waals surface area contributed by atoms with Crippen LogP contribution in [0.4, 0.5) is 0 Å². The zero-order valence-corrected chi connectivity index (χ0v) is 7.35. The molecule has 0 aliphatic rings. The van der Waals surface area contributed by atoms with Gasteiger partial charge in [-0.15, -0.1) is 0 Å². The van der Waals surface area contributed by atoms with E-state index >= 15 is 0 Å². The average Bonchev–Trinajstić information content (AvgIpc) is 1.65. The van der Waals surface area contributed by atoms with Crippen LogP contribution in [0.1, 0.15) is 0 Å². The maximum atomic E-state index is 5.35. The van der Waals surface area contributed by atoms with Gasteiger partial charge in [0.1, 0.15) is 0 Å². The van der Waals surface area contributed by atoms with Crippen LogP contribution in [-0.4, -0.2) is 27.9 Å². The highest BCUT2D eigenvalue weighted by atomic mass is 35.6. The third kappa shape index (κ3) is 3.42. The molecule has 0 atom stereocenters. The van der Waals surface area contributed by atoms with Crippen LogP contribution in [0.2, 0.25) is 4.79 Å². The maximum absolute atomic E-state index is 5.35. The minimum atomic E-state index is 0.327. The number of hydrogen-bond donors (Lipinski definition) is 0. The quantitative estimate of drug-likeness (QED) is 0.418. The van der Waals surface area contributed by atoms with Crippen LogP contribution in [0.15, 0.2) is 0 Å². The lowest BCUT2D eigenvalue weighted by molar-refractivity contribution is 1.88. The topological polar surface area (TPSA) is 0 Å². The third-order valence-electron chi connectivity index (χ3n) is 0.218. The van der Waals surface area contributed by atoms with Crippen molar-refractivity contribution in [2.75, 3.05) is 0 Å². The summed E-state index contributed by atoms with van der Waals surface area (Å²) in [5, 5.41) is 0. The Labute approximate surface area is 55.1 Å². The molecule has 0 amide bonds. The normalized spacial score (nSPS) is 10.0. The molecule has 0 aromatic carbocycles. The van der Waals surface area contributed by atoms with Crippen LogP contribution in [0.25, 0.3) is 0 Å². The molecule has 31 valence electrons. The summed E-state index contributed by atoms with van der Waals surface area (Å²) in [6, 6.07) is 0. The van der Waals surface area contributed by atoms with Crippen LogP contribution < -0.4 is 0 Å². The summed E-state index contributed by atoms with van der Waals surface area (Å²) < 4.78 is 0. The summed E-state index contributed by atoms with van der Waals surface area (Å²) in [5.41, 5.74) is 0. The Kier molecular flexibility index (Phi) is 5.29. The van der Waals surface area contributed by atoms with Crippen LogP contribution >= 0.6 is 22.2 Å². The van der Waals surface area contributed by atoms with E-state index in [4.69, 9.17) is 22.2 Å². The van der Waals surface area contributed by atoms with Crippen LogP contribution in [0.3, 0.4) is 0 Å². The Hall–Kier alpha value is 1.23. The van der Waals surface area contributed by atoms with E-state index in [2.05, 4.69) is 10.2 Å². The minimum Gasteiger partial charge on any atom is -0.172 e. The standard InChI is InChI=1S/CHCl2Si3/c2-5-1(4)6-3/h1H. The molecule has 0 saturated heterocycles. The van der Waals surface area contributed by atoms with E-state index in [-0.39, 0.29) is 0 Å². The van der Waals surface area contributed by atoms with E-state index < -0.39 is 0 Å². The fourth-order valence-electron chi connectivity index (χ4n) is 0.0206. The van der Waals surface area contributed by atoms with E-state index in [1.54, 1.807) is 0 Å². The van der Waals surface area contributed by atoms with Gasteiger partial charge in [0.2, 0.25) is 0 Å². The minimum absolute atomic E-state index is 0.327. The molecule has 0 bridgehead atoms. The number of halogens is 2. The van der Waals surface area contributed by atoms with Gasteiger partial charge < -0.3 is 0 Å². The Morgan fingerprint density at radius 2 is 1.67 bits per heavy atom. The second-order valence-corrected chi connectivity index (χ2v) is 5.86. The van der Waals surface area contributed by atoms with Crippen molar-refractivity contribution in [1.82, 2.24) is 0 Å². The second-order valence-electron chi connectivity index (χ2n) is 0.651. The van der Waals surface area contributed by atoms with E-state index in [9.17, 15) is 0 Å². The molecule has 0 fully saturated rings. The van der Waals surface area contributed by atoms with Gasteiger partial charge in [0.15, 0.2) is 17.7 Å². The Bertz CT molecular complexity index is 28.0. The Balaban J connectivity index is 2.75. The first-order valence-electron chi connectivity index (χ1n) is 1.24. The van der Waals surface area contributed by atoms with Gasteiger partial charge in [0.25, 0.3) is 0 Å². The van der Waals surface area contributed by atoms with Crippen LogP contribution in [0, 0.1) is 0 Å². The monoisotopic (exact) mass is 167 g/mol. The average molecular weight is 168 g/mol. The first kappa shape index (κ1) is 7.23. The summed E-state index contributed by atoms with van der Waals surface area (Å²) in [6.45, 7) is 0. The zero-order chi connectivity index (χ0) is 4.99. The molecule has 0 aliphatic carbocycles. The van der Waals surface area contributed by atoms with E-state index in [1.807, 2.05) is 0 Å². The summed E-state index contributed by atoms with van der Waals surface area (Å²) in [5.74, 6) is 0. The molecule has 0 unspecified atom stereocenters. The van der Waals surface area contributed by atoms with Crippen molar-refractivity contribution in [2.45, 2.75) is 4.79 Å². The Morgan fingerprint density at radius 3 is 1.67 bits per heavy atom. The lowest BCUT2D eigenvalue weighted by Gasteiger charge is -1.90. The molecular formula is CHCl2Si3. The fourth-order valence-corrected chi connectivity index (χ4v) is 1.67. The molecule has 0 rings (SSSR count). The molecule has 0 nitrogen and oxygen atoms in total. The predicted molar refractivity (Wildman–Crippen MR) is 32.7 cm³/mol. The van der Waals surface area contributed by atoms with Crippen molar-refractivity contribution in [1.29, 1.82) is 0 Å². The van der Waals surface area contributed by atoms with Gasteiger partial charge in [0.05, 0.1) is 0 Å². The second kappa shape index (κ2) is 4.39. The summed E-state index contributed by atoms with van der Waals surface area (Å²) in [7, 11) is 4.08. The molecule has 6 heavy (non-hydrogen) atoms. The molecule has 0 heterocycles. The first-order valence-corrected chi connectivity index (χ1v) is 6.00. The van der Waals surface area contributed by atoms with Crippen LogP contribution in [0.5, 0.6) is 0 Å². The highest BCUT2D eigenvalue weighted by molar-refractivity contribution is 7.10. The van der Waals surface area contributed by atoms with E-state index in [0.717, 1.165) is 0 Å². The van der Waals surface area contributed by atoms with Crippen molar-refractivity contribution < 1.29 is 0 Å². The molecule has 0 aliphatic heterocycles. The van der Waals surface area contributed by atoms with Gasteiger partial charge in [0, 0.05) is 10.2 Å². The van der Waals surface area contributed by atoms with Gasteiger partial charge in [-0.3, -0.25) is 0 Å². The van der Waals surface area contributed by atoms with E-state index in [0.29, 0.717) is 22.4 Å². The van der Waals surface area contributed by atoms with Crippen LogP contribution in [-0.2, 0) is 0 Å². The van der Waals surface area contributed by atoms with Gasteiger partial charge in [-0.2, -0.15) is 22.2 Å². The summed E-state index contributed by atoms with van der Waals surface area (Å²) in [4.78, 5) is 0.327.